The van der Waals surface area contributed by atoms with Crippen LogP contribution < -0.4 is 10.6 Å². The first-order chi connectivity index (χ1) is 9.92. The SMILES string of the molecule is CCC1CCC(NC(=O)C2(C)CCCNC2)(C(=O)O)CC1. The number of nitrogens with one attached hydrogen (secondary N) is 2. The van der Waals surface area contributed by atoms with Crippen molar-refractivity contribution in [1.82, 2.24) is 10.6 Å². The first-order valence-corrected chi connectivity index (χ1v) is 8.19. The molecule has 1 aliphatic carbocycles. The molecule has 2 fully saturated rings. The summed E-state index contributed by atoms with van der Waals surface area (Å²) in [5.74, 6) is -0.383. The van der Waals surface area contributed by atoms with Gasteiger partial charge in [-0.2, -0.15) is 0 Å². The van der Waals surface area contributed by atoms with Gasteiger partial charge in [0.05, 0.1) is 5.41 Å². The predicted molar refractivity (Wildman–Crippen MR) is 81.0 cm³/mol. The Morgan fingerprint density at radius 3 is 2.43 bits per heavy atom. The lowest BCUT2D eigenvalue weighted by Crippen LogP contribution is -2.61. The molecule has 2 aliphatic rings. The quantitative estimate of drug-likeness (QED) is 0.740. The van der Waals surface area contributed by atoms with Crippen molar-refractivity contribution in [3.63, 3.8) is 0 Å². The van der Waals surface area contributed by atoms with E-state index < -0.39 is 16.9 Å². The molecule has 1 amide bonds. The van der Waals surface area contributed by atoms with Gasteiger partial charge in [0.15, 0.2) is 0 Å². The summed E-state index contributed by atoms with van der Waals surface area (Å²) in [6.45, 7) is 5.64. The third-order valence-corrected chi connectivity index (χ3v) is 5.44. The lowest BCUT2D eigenvalue weighted by Gasteiger charge is -2.41. The molecule has 5 heteroatoms. The van der Waals surface area contributed by atoms with E-state index in [0.717, 1.165) is 38.6 Å². The molecule has 3 N–H and O–H groups in total. The lowest BCUT2D eigenvalue weighted by atomic mass is 9.74. The molecule has 1 atom stereocenters. The highest BCUT2D eigenvalue weighted by Gasteiger charge is 2.46. The van der Waals surface area contributed by atoms with E-state index in [1.807, 2.05) is 6.92 Å². The van der Waals surface area contributed by atoms with Crippen LogP contribution in [0.4, 0.5) is 0 Å². The van der Waals surface area contributed by atoms with Crippen molar-refractivity contribution in [2.45, 2.75) is 64.3 Å². The predicted octanol–water partition coefficient (Wildman–Crippen LogP) is 1.92. The van der Waals surface area contributed by atoms with Crippen molar-refractivity contribution < 1.29 is 14.7 Å². The van der Waals surface area contributed by atoms with Gasteiger partial charge in [-0.05, 0) is 57.9 Å². The molecule has 0 spiro atoms. The number of piperidine rings is 1. The van der Waals surface area contributed by atoms with E-state index in [0.29, 0.717) is 25.3 Å². The van der Waals surface area contributed by atoms with Gasteiger partial charge in [-0.3, -0.25) is 4.79 Å². The van der Waals surface area contributed by atoms with Gasteiger partial charge in [0.1, 0.15) is 5.54 Å². The number of carbonyl (C=O) groups is 2. The normalized spacial score (nSPS) is 37.0. The van der Waals surface area contributed by atoms with Gasteiger partial charge in [-0.1, -0.05) is 13.3 Å². The maximum absolute atomic E-state index is 12.6. The Morgan fingerprint density at radius 2 is 1.95 bits per heavy atom. The molecule has 1 aliphatic heterocycles. The topological polar surface area (TPSA) is 78.4 Å². The van der Waals surface area contributed by atoms with Crippen molar-refractivity contribution in [3.8, 4) is 0 Å². The molecule has 21 heavy (non-hydrogen) atoms. The van der Waals surface area contributed by atoms with Crippen LogP contribution in [-0.4, -0.2) is 35.6 Å². The van der Waals surface area contributed by atoms with Crippen molar-refractivity contribution in [1.29, 1.82) is 0 Å². The highest BCUT2D eigenvalue weighted by Crippen LogP contribution is 2.35. The van der Waals surface area contributed by atoms with E-state index in [1.165, 1.54) is 0 Å². The zero-order valence-electron chi connectivity index (χ0n) is 13.2. The second-order valence-corrected chi connectivity index (χ2v) is 7.03. The fourth-order valence-corrected chi connectivity index (χ4v) is 3.59. The summed E-state index contributed by atoms with van der Waals surface area (Å²) in [5.41, 5.74) is -1.54. The summed E-state index contributed by atoms with van der Waals surface area (Å²) in [4.78, 5) is 24.4. The number of amides is 1. The van der Waals surface area contributed by atoms with Crippen molar-refractivity contribution in [2.24, 2.45) is 11.3 Å². The Bertz CT molecular complexity index is 394. The fraction of sp³-hybridized carbons (Fsp3) is 0.875. The average Bonchev–Trinajstić information content (AvgIpc) is 2.48. The smallest absolute Gasteiger partial charge is 0.329 e. The van der Waals surface area contributed by atoms with E-state index in [4.69, 9.17) is 0 Å². The second kappa shape index (κ2) is 6.34. The van der Waals surface area contributed by atoms with Gasteiger partial charge in [0, 0.05) is 6.54 Å². The van der Waals surface area contributed by atoms with E-state index in [1.54, 1.807) is 0 Å². The van der Waals surface area contributed by atoms with Crippen LogP contribution in [0.3, 0.4) is 0 Å². The Hall–Kier alpha value is -1.10. The van der Waals surface area contributed by atoms with Crippen LogP contribution >= 0.6 is 0 Å². The van der Waals surface area contributed by atoms with Gasteiger partial charge in [0.25, 0.3) is 0 Å². The average molecular weight is 296 g/mol. The second-order valence-electron chi connectivity index (χ2n) is 7.03. The molecule has 1 unspecified atom stereocenters. The lowest BCUT2D eigenvalue weighted by molar-refractivity contribution is -0.152. The van der Waals surface area contributed by atoms with Crippen LogP contribution in [0.25, 0.3) is 0 Å². The Morgan fingerprint density at radius 1 is 1.29 bits per heavy atom. The third-order valence-electron chi connectivity index (χ3n) is 5.44. The van der Waals surface area contributed by atoms with Gasteiger partial charge in [-0.25, -0.2) is 4.79 Å². The first-order valence-electron chi connectivity index (χ1n) is 8.19. The summed E-state index contributed by atoms with van der Waals surface area (Å²) >= 11 is 0. The van der Waals surface area contributed by atoms with E-state index >= 15 is 0 Å². The molecule has 1 saturated heterocycles. The molecule has 1 saturated carbocycles. The van der Waals surface area contributed by atoms with Crippen molar-refractivity contribution in [3.05, 3.63) is 0 Å². The molecule has 120 valence electrons. The van der Waals surface area contributed by atoms with Crippen LogP contribution in [0.2, 0.25) is 0 Å². The maximum atomic E-state index is 12.6. The molecule has 0 aromatic rings. The van der Waals surface area contributed by atoms with Gasteiger partial charge < -0.3 is 15.7 Å². The number of hydrogen-bond donors (Lipinski definition) is 3. The van der Waals surface area contributed by atoms with E-state index in [9.17, 15) is 14.7 Å². The molecule has 5 nitrogen and oxygen atoms in total. The highest BCUT2D eigenvalue weighted by molar-refractivity contribution is 5.90. The molecule has 0 aromatic heterocycles. The molecule has 0 aromatic carbocycles. The zero-order valence-corrected chi connectivity index (χ0v) is 13.2. The summed E-state index contributed by atoms with van der Waals surface area (Å²) in [6, 6.07) is 0. The minimum Gasteiger partial charge on any atom is -0.480 e. The van der Waals surface area contributed by atoms with Gasteiger partial charge in [0.2, 0.25) is 5.91 Å². The van der Waals surface area contributed by atoms with Crippen LogP contribution in [0.1, 0.15) is 58.8 Å². The van der Waals surface area contributed by atoms with Crippen LogP contribution in [0.15, 0.2) is 0 Å². The largest absolute Gasteiger partial charge is 0.480 e. The fourth-order valence-electron chi connectivity index (χ4n) is 3.59. The molecule has 1 heterocycles. The highest BCUT2D eigenvalue weighted by atomic mass is 16.4. The van der Waals surface area contributed by atoms with Crippen molar-refractivity contribution in [2.75, 3.05) is 13.1 Å². The third kappa shape index (κ3) is 3.39. The maximum Gasteiger partial charge on any atom is 0.329 e. The van der Waals surface area contributed by atoms with E-state index in [2.05, 4.69) is 17.6 Å². The summed E-state index contributed by atoms with van der Waals surface area (Å²) in [7, 11) is 0. The van der Waals surface area contributed by atoms with Gasteiger partial charge in [-0.15, -0.1) is 0 Å². The standard InChI is InChI=1S/C16H28N2O3/c1-3-12-5-8-16(9-6-12,14(20)21)18-13(19)15(2)7-4-10-17-11-15/h12,17H,3-11H2,1-2H3,(H,18,19)(H,20,21). The van der Waals surface area contributed by atoms with Crippen LogP contribution in [0.5, 0.6) is 0 Å². The van der Waals surface area contributed by atoms with Crippen molar-refractivity contribution >= 4 is 11.9 Å². The van der Waals surface area contributed by atoms with E-state index in [-0.39, 0.29) is 5.91 Å². The van der Waals surface area contributed by atoms with Gasteiger partial charge >= 0.3 is 5.97 Å². The van der Waals surface area contributed by atoms with Crippen LogP contribution in [-0.2, 0) is 9.59 Å². The Labute approximate surface area is 126 Å². The molecule has 2 rings (SSSR count). The zero-order chi connectivity index (χ0) is 15.5. The number of hydrogen-bond acceptors (Lipinski definition) is 3. The number of rotatable bonds is 4. The monoisotopic (exact) mass is 296 g/mol. The summed E-state index contributed by atoms with van der Waals surface area (Å²) in [6.07, 6.45) is 5.74. The molecule has 0 bridgehead atoms. The number of carboxylic acid groups (broad SMARTS) is 1. The molecular weight excluding hydrogens is 268 g/mol. The number of carboxylic acids is 1. The minimum atomic E-state index is -1.05. The Kier molecular flexibility index (Phi) is 4.91. The summed E-state index contributed by atoms with van der Waals surface area (Å²) in [5, 5.41) is 15.8. The number of carbonyl (C=O) groups excluding carboxylic acids is 1. The molecular formula is C16H28N2O3. The Balaban J connectivity index is 2.06. The minimum absolute atomic E-state index is 0.105. The van der Waals surface area contributed by atoms with Crippen LogP contribution in [0, 0.1) is 11.3 Å². The number of aliphatic carboxylic acids is 1. The molecule has 0 radical (unpaired) electrons. The summed E-state index contributed by atoms with van der Waals surface area (Å²) < 4.78 is 0. The first kappa shape index (κ1) is 16.3.